The summed E-state index contributed by atoms with van der Waals surface area (Å²) in [5, 5.41) is 9.66. The lowest BCUT2D eigenvalue weighted by Crippen LogP contribution is -2.45. The maximum atomic E-state index is 13.7. The van der Waals surface area contributed by atoms with Crippen LogP contribution in [-0.4, -0.2) is 85.4 Å². The Morgan fingerprint density at radius 3 is 2.44 bits per heavy atom. The zero-order valence-electron chi connectivity index (χ0n) is 22.2. The van der Waals surface area contributed by atoms with E-state index in [1.165, 1.54) is 0 Å². The summed E-state index contributed by atoms with van der Waals surface area (Å²) in [7, 11) is 1.77. The molecule has 4 heterocycles. The number of nitrogens with zero attached hydrogens (tertiary/aromatic N) is 5. The molecule has 206 valence electrons. The molecule has 3 fully saturated rings. The molecule has 0 bridgehead atoms. The first-order valence-electron chi connectivity index (χ1n) is 13.6. The monoisotopic (exact) mass is 551 g/mol. The molecule has 0 N–H and O–H groups in total. The Bertz CT molecular complexity index is 1190. The van der Waals surface area contributed by atoms with Crippen molar-refractivity contribution in [3.05, 3.63) is 58.7 Å². The molecule has 0 aliphatic carbocycles. The number of ether oxygens (including phenoxy) is 2. The lowest BCUT2D eigenvalue weighted by molar-refractivity contribution is -0.135. The van der Waals surface area contributed by atoms with Crippen molar-refractivity contribution in [2.45, 2.75) is 43.7 Å². The number of hydrogen-bond acceptors (Lipinski definition) is 7. The molecule has 3 saturated heterocycles. The molecule has 2 atom stereocenters. The lowest BCUT2D eigenvalue weighted by Gasteiger charge is -2.34. The van der Waals surface area contributed by atoms with Crippen molar-refractivity contribution in [1.82, 2.24) is 14.8 Å². The van der Waals surface area contributed by atoms with Crippen LogP contribution in [0.25, 0.3) is 0 Å². The number of rotatable bonds is 5. The van der Waals surface area contributed by atoms with Gasteiger partial charge in [-0.05, 0) is 42.7 Å². The van der Waals surface area contributed by atoms with Crippen molar-refractivity contribution in [3.63, 3.8) is 0 Å². The molecule has 1 aromatic heterocycles. The molecule has 3 aliphatic rings. The summed E-state index contributed by atoms with van der Waals surface area (Å²) in [6.07, 6.45) is 3.94. The van der Waals surface area contributed by atoms with E-state index in [4.69, 9.17) is 26.3 Å². The number of likely N-dealkylation sites (N-methyl/N-ethyl adjacent to an activating group) is 1. The SMILES string of the molecule is CN(C(=O)OC1CCOCC1)C1CN(C(=O)C2CCN(c3ccc(C#N)cn3)CC2)CC1c1ccc(Cl)cc1. The average molecular weight is 552 g/mol. The number of hydrogen-bond donors (Lipinski definition) is 0. The second kappa shape index (κ2) is 12.2. The maximum absolute atomic E-state index is 13.7. The Morgan fingerprint density at radius 1 is 1.08 bits per heavy atom. The van der Waals surface area contributed by atoms with Gasteiger partial charge in [0.2, 0.25) is 5.91 Å². The van der Waals surface area contributed by atoms with Crippen molar-refractivity contribution in [2.24, 2.45) is 5.92 Å². The van der Waals surface area contributed by atoms with Gasteiger partial charge in [-0.3, -0.25) is 4.79 Å². The number of amides is 2. The predicted octanol–water partition coefficient (Wildman–Crippen LogP) is 4.07. The summed E-state index contributed by atoms with van der Waals surface area (Å²) in [6.45, 7) is 3.65. The quantitative estimate of drug-likeness (QED) is 0.552. The van der Waals surface area contributed by atoms with Gasteiger partial charge in [-0.25, -0.2) is 9.78 Å². The highest BCUT2D eigenvalue weighted by Gasteiger charge is 2.42. The third kappa shape index (κ3) is 6.29. The van der Waals surface area contributed by atoms with Crippen LogP contribution >= 0.6 is 11.6 Å². The van der Waals surface area contributed by atoms with E-state index in [1.54, 1.807) is 24.2 Å². The molecule has 39 heavy (non-hydrogen) atoms. The van der Waals surface area contributed by atoms with E-state index in [2.05, 4.69) is 16.0 Å². The Balaban J connectivity index is 1.25. The summed E-state index contributed by atoms with van der Waals surface area (Å²) in [5.41, 5.74) is 1.58. The van der Waals surface area contributed by atoms with Crippen LogP contribution < -0.4 is 4.90 Å². The number of piperidine rings is 1. The van der Waals surface area contributed by atoms with Crippen molar-refractivity contribution in [3.8, 4) is 6.07 Å². The minimum Gasteiger partial charge on any atom is -0.446 e. The van der Waals surface area contributed by atoms with Crippen LogP contribution in [0.3, 0.4) is 0 Å². The molecule has 9 nitrogen and oxygen atoms in total. The second-order valence-corrected chi connectivity index (χ2v) is 11.0. The van der Waals surface area contributed by atoms with E-state index in [-0.39, 0.29) is 36.0 Å². The molecule has 0 radical (unpaired) electrons. The van der Waals surface area contributed by atoms with E-state index >= 15 is 0 Å². The standard InChI is InChI=1S/C29H34ClN5O4/c1-33(29(37)39-24-10-14-38-15-11-24)26-19-35(18-25(26)21-3-5-23(30)6-4-21)28(36)22-8-12-34(13-9-22)27-7-2-20(16-31)17-32-27/h2-7,17,22,24-26H,8-15,18-19H2,1H3. The van der Waals surface area contributed by atoms with Gasteiger partial charge in [-0.2, -0.15) is 5.26 Å². The van der Waals surface area contributed by atoms with Gasteiger partial charge in [0.15, 0.2) is 0 Å². The van der Waals surface area contributed by atoms with E-state index in [9.17, 15) is 9.59 Å². The summed E-state index contributed by atoms with van der Waals surface area (Å²) in [5.74, 6) is 0.842. The third-order valence-electron chi connectivity index (χ3n) is 8.17. The number of likely N-dealkylation sites (tertiary alicyclic amines) is 1. The zero-order valence-corrected chi connectivity index (χ0v) is 22.9. The Morgan fingerprint density at radius 2 is 1.79 bits per heavy atom. The minimum atomic E-state index is -0.358. The topological polar surface area (TPSA) is 99.0 Å². The number of pyridine rings is 1. The van der Waals surface area contributed by atoms with E-state index in [1.807, 2.05) is 35.2 Å². The smallest absolute Gasteiger partial charge is 0.410 e. The molecule has 10 heteroatoms. The number of halogens is 1. The Kier molecular flexibility index (Phi) is 8.53. The van der Waals surface area contributed by atoms with Gasteiger partial charge in [0, 0.05) is 69.1 Å². The molecule has 3 aliphatic heterocycles. The minimum absolute atomic E-state index is 0.0404. The molecule has 0 saturated carbocycles. The molecule has 2 unspecified atom stereocenters. The number of carbonyl (C=O) groups is 2. The van der Waals surface area contributed by atoms with Gasteiger partial charge in [0.05, 0.1) is 24.8 Å². The summed E-state index contributed by atoms with van der Waals surface area (Å²) in [4.78, 5) is 37.0. The van der Waals surface area contributed by atoms with Gasteiger partial charge >= 0.3 is 6.09 Å². The number of nitriles is 1. The fourth-order valence-electron chi connectivity index (χ4n) is 5.80. The first-order chi connectivity index (χ1) is 18.9. The normalized spacial score (nSPS) is 22.4. The fraction of sp³-hybridized carbons (Fsp3) is 0.517. The first kappa shape index (κ1) is 27.2. The molecule has 1 aromatic carbocycles. The average Bonchev–Trinajstić information content (AvgIpc) is 3.43. The maximum Gasteiger partial charge on any atom is 0.410 e. The van der Waals surface area contributed by atoms with Crippen LogP contribution in [0.1, 0.15) is 42.7 Å². The Labute approximate surface area is 234 Å². The highest BCUT2D eigenvalue weighted by atomic mass is 35.5. The van der Waals surface area contributed by atoms with Crippen molar-refractivity contribution in [1.29, 1.82) is 5.26 Å². The van der Waals surface area contributed by atoms with Gasteiger partial charge in [0.25, 0.3) is 0 Å². The van der Waals surface area contributed by atoms with E-state index in [0.29, 0.717) is 49.7 Å². The molecule has 0 spiro atoms. The summed E-state index contributed by atoms with van der Waals surface area (Å²) in [6, 6.07) is 13.2. The molecule has 5 rings (SSSR count). The Hall–Kier alpha value is -3.35. The number of anilines is 1. The van der Waals surface area contributed by atoms with Crippen LogP contribution in [0.4, 0.5) is 10.6 Å². The summed E-state index contributed by atoms with van der Waals surface area (Å²) >= 11 is 6.15. The van der Waals surface area contributed by atoms with Gasteiger partial charge < -0.3 is 24.2 Å². The van der Waals surface area contributed by atoms with Gasteiger partial charge in [-0.15, -0.1) is 0 Å². The van der Waals surface area contributed by atoms with Crippen LogP contribution in [-0.2, 0) is 14.3 Å². The van der Waals surface area contributed by atoms with E-state index in [0.717, 1.165) is 37.3 Å². The van der Waals surface area contributed by atoms with Crippen LogP contribution in [0, 0.1) is 17.2 Å². The van der Waals surface area contributed by atoms with Crippen molar-refractivity contribution >= 4 is 29.4 Å². The molecule has 2 aromatic rings. The third-order valence-corrected chi connectivity index (χ3v) is 8.42. The molecular formula is C29H34ClN5O4. The fourth-order valence-corrected chi connectivity index (χ4v) is 5.93. The van der Waals surface area contributed by atoms with Gasteiger partial charge in [0.1, 0.15) is 18.0 Å². The van der Waals surface area contributed by atoms with Crippen LogP contribution in [0.15, 0.2) is 42.6 Å². The molecule has 2 amide bonds. The van der Waals surface area contributed by atoms with Crippen molar-refractivity contribution in [2.75, 3.05) is 51.3 Å². The highest BCUT2D eigenvalue weighted by molar-refractivity contribution is 6.30. The highest BCUT2D eigenvalue weighted by Crippen LogP contribution is 2.34. The van der Waals surface area contributed by atoms with Gasteiger partial charge in [-0.1, -0.05) is 23.7 Å². The number of benzene rings is 1. The lowest BCUT2D eigenvalue weighted by atomic mass is 9.93. The largest absolute Gasteiger partial charge is 0.446 e. The van der Waals surface area contributed by atoms with Crippen LogP contribution in [0.5, 0.6) is 0 Å². The van der Waals surface area contributed by atoms with Crippen LogP contribution in [0.2, 0.25) is 5.02 Å². The predicted molar refractivity (Wildman–Crippen MR) is 147 cm³/mol. The molecular weight excluding hydrogens is 518 g/mol. The number of carbonyl (C=O) groups excluding carboxylic acids is 2. The first-order valence-corrected chi connectivity index (χ1v) is 14.0. The van der Waals surface area contributed by atoms with Crippen molar-refractivity contribution < 1.29 is 19.1 Å². The second-order valence-electron chi connectivity index (χ2n) is 10.6. The zero-order chi connectivity index (χ0) is 27.4. The number of aromatic nitrogens is 1. The summed E-state index contributed by atoms with van der Waals surface area (Å²) < 4.78 is 11.2. The van der Waals surface area contributed by atoms with E-state index < -0.39 is 0 Å².